The minimum absolute atomic E-state index is 0.417. The van der Waals surface area contributed by atoms with Crippen molar-refractivity contribution in [3.05, 3.63) is 35.4 Å². The molecule has 1 saturated heterocycles. The van der Waals surface area contributed by atoms with Crippen LogP contribution in [0.1, 0.15) is 44.2 Å². The normalized spacial score (nSPS) is 20.8. The van der Waals surface area contributed by atoms with Gasteiger partial charge in [0.25, 0.3) is 0 Å². The van der Waals surface area contributed by atoms with E-state index in [0.29, 0.717) is 5.41 Å². The highest BCUT2D eigenvalue weighted by molar-refractivity contribution is 5.37. The Hall–Kier alpha value is -0.860. The van der Waals surface area contributed by atoms with Crippen LogP contribution in [0.5, 0.6) is 0 Å². The Labute approximate surface area is 111 Å². The number of rotatable bonds is 0. The Kier molecular flexibility index (Phi) is 4.79. The van der Waals surface area contributed by atoms with Crippen molar-refractivity contribution in [2.24, 2.45) is 0 Å². The van der Waals surface area contributed by atoms with E-state index in [2.05, 4.69) is 48.7 Å². The highest BCUT2D eigenvalue weighted by Gasteiger charge is 2.37. The Morgan fingerprint density at radius 3 is 2.44 bits per heavy atom. The smallest absolute Gasteiger partial charge is 0.0208 e. The lowest BCUT2D eigenvalue weighted by molar-refractivity contribution is 0.277. The summed E-state index contributed by atoms with van der Waals surface area (Å²) in [4.78, 5) is 0. The predicted molar refractivity (Wildman–Crippen MR) is 77.9 cm³/mol. The van der Waals surface area contributed by atoms with E-state index in [1.807, 2.05) is 0 Å². The molecule has 2 aliphatic heterocycles. The molecule has 0 aromatic heterocycles. The molecule has 0 bridgehead atoms. The highest BCUT2D eigenvalue weighted by Crippen LogP contribution is 2.37. The van der Waals surface area contributed by atoms with Crippen LogP contribution in [0.25, 0.3) is 0 Å². The molecule has 0 saturated carbocycles. The van der Waals surface area contributed by atoms with Crippen molar-refractivity contribution < 1.29 is 0 Å². The molecule has 100 valence electrons. The second-order valence-electron chi connectivity index (χ2n) is 5.50. The molecule has 1 spiro atoms. The fourth-order valence-corrected chi connectivity index (χ4v) is 3.07. The molecule has 2 heteroatoms. The van der Waals surface area contributed by atoms with Crippen molar-refractivity contribution in [1.82, 2.24) is 10.6 Å². The highest BCUT2D eigenvalue weighted by atomic mass is 14.9. The Balaban J connectivity index is 0.000000367. The van der Waals surface area contributed by atoms with E-state index in [1.165, 1.54) is 24.8 Å². The van der Waals surface area contributed by atoms with Crippen molar-refractivity contribution in [1.29, 1.82) is 0 Å². The fourth-order valence-electron chi connectivity index (χ4n) is 3.07. The van der Waals surface area contributed by atoms with Gasteiger partial charge in [0, 0.05) is 18.5 Å². The molecule has 1 fully saturated rings. The van der Waals surface area contributed by atoms with Gasteiger partial charge in [-0.1, -0.05) is 44.5 Å². The topological polar surface area (TPSA) is 24.1 Å². The van der Waals surface area contributed by atoms with E-state index >= 15 is 0 Å². The Bertz CT molecular complexity index is 367. The van der Waals surface area contributed by atoms with Crippen LogP contribution in [0.4, 0.5) is 0 Å². The van der Waals surface area contributed by atoms with E-state index < -0.39 is 0 Å². The molecular formula is C16H26N2. The number of hydrogen-bond donors (Lipinski definition) is 2. The molecule has 0 amide bonds. The van der Waals surface area contributed by atoms with Gasteiger partial charge in [0.1, 0.15) is 0 Å². The second kappa shape index (κ2) is 6.35. The average Bonchev–Trinajstić information content (AvgIpc) is 2.41. The van der Waals surface area contributed by atoms with E-state index in [4.69, 9.17) is 0 Å². The Morgan fingerprint density at radius 2 is 1.72 bits per heavy atom. The summed E-state index contributed by atoms with van der Waals surface area (Å²) in [5.74, 6) is 0. The molecule has 18 heavy (non-hydrogen) atoms. The van der Waals surface area contributed by atoms with Crippen LogP contribution in [0.15, 0.2) is 24.3 Å². The lowest BCUT2D eigenvalue weighted by Gasteiger charge is -2.42. The summed E-state index contributed by atoms with van der Waals surface area (Å²) in [6.45, 7) is 8.78. The van der Waals surface area contributed by atoms with Gasteiger partial charge >= 0.3 is 0 Å². The number of nitrogens with one attached hydrogen (secondary N) is 2. The van der Waals surface area contributed by atoms with Crippen molar-refractivity contribution >= 4 is 0 Å². The minimum atomic E-state index is 0.417. The quantitative estimate of drug-likeness (QED) is 0.735. The first-order valence-corrected chi connectivity index (χ1v) is 7.32. The monoisotopic (exact) mass is 246 g/mol. The lowest BCUT2D eigenvalue weighted by Crippen LogP contribution is -2.49. The van der Waals surface area contributed by atoms with Gasteiger partial charge in [-0.15, -0.1) is 0 Å². The van der Waals surface area contributed by atoms with Gasteiger partial charge in [-0.3, -0.25) is 0 Å². The summed E-state index contributed by atoms with van der Waals surface area (Å²) in [6.07, 6.45) is 3.80. The Morgan fingerprint density at radius 1 is 1.06 bits per heavy atom. The van der Waals surface area contributed by atoms with Crippen LogP contribution >= 0.6 is 0 Å². The van der Waals surface area contributed by atoms with Gasteiger partial charge in [-0.25, -0.2) is 0 Å². The van der Waals surface area contributed by atoms with Crippen LogP contribution in [-0.2, 0) is 12.0 Å². The van der Waals surface area contributed by atoms with Gasteiger partial charge < -0.3 is 10.6 Å². The predicted octanol–water partition coefficient (Wildman–Crippen LogP) is 2.83. The van der Waals surface area contributed by atoms with Crippen molar-refractivity contribution in [2.75, 3.05) is 19.6 Å². The molecule has 1 aromatic carbocycles. The molecule has 2 nitrogen and oxygen atoms in total. The van der Waals surface area contributed by atoms with Crippen LogP contribution in [0, 0.1) is 0 Å². The van der Waals surface area contributed by atoms with Crippen LogP contribution in [0.3, 0.4) is 0 Å². The van der Waals surface area contributed by atoms with Crippen molar-refractivity contribution in [3.63, 3.8) is 0 Å². The third-order valence-electron chi connectivity index (χ3n) is 3.93. The summed E-state index contributed by atoms with van der Waals surface area (Å²) in [5, 5.41) is 7.03. The van der Waals surface area contributed by atoms with Gasteiger partial charge in [-0.05, 0) is 37.1 Å². The lowest BCUT2D eigenvalue weighted by atomic mass is 9.70. The van der Waals surface area contributed by atoms with Crippen LogP contribution in [0.2, 0.25) is 0 Å². The number of hydrogen-bond acceptors (Lipinski definition) is 2. The first-order chi connectivity index (χ1) is 8.82. The zero-order valence-corrected chi connectivity index (χ0v) is 11.8. The number of fused-ring (bicyclic) bond motifs is 2. The summed E-state index contributed by atoms with van der Waals surface area (Å²) in [6, 6.07) is 8.95. The fraction of sp³-hybridized carbons (Fsp3) is 0.625. The number of benzene rings is 1. The molecule has 1 aromatic rings. The molecule has 2 aliphatic rings. The second-order valence-corrected chi connectivity index (χ2v) is 5.50. The summed E-state index contributed by atoms with van der Waals surface area (Å²) < 4.78 is 0. The van der Waals surface area contributed by atoms with Gasteiger partial charge in [0.05, 0.1) is 0 Å². The zero-order chi connectivity index (χ0) is 12.8. The molecule has 0 unspecified atom stereocenters. The van der Waals surface area contributed by atoms with E-state index in [1.54, 1.807) is 5.56 Å². The molecular weight excluding hydrogens is 220 g/mol. The molecule has 2 heterocycles. The van der Waals surface area contributed by atoms with E-state index in [9.17, 15) is 0 Å². The largest absolute Gasteiger partial charge is 0.317 e. The van der Waals surface area contributed by atoms with Crippen molar-refractivity contribution in [2.45, 2.75) is 45.1 Å². The maximum absolute atomic E-state index is 3.57. The summed E-state index contributed by atoms with van der Waals surface area (Å²) in [7, 11) is 0. The van der Waals surface area contributed by atoms with Crippen LogP contribution in [-0.4, -0.2) is 19.6 Å². The summed E-state index contributed by atoms with van der Waals surface area (Å²) >= 11 is 0. The van der Waals surface area contributed by atoms with E-state index in [0.717, 1.165) is 26.2 Å². The molecule has 0 aliphatic carbocycles. The molecule has 2 N–H and O–H groups in total. The van der Waals surface area contributed by atoms with Gasteiger partial charge in [0.15, 0.2) is 0 Å². The van der Waals surface area contributed by atoms with E-state index in [-0.39, 0.29) is 0 Å². The van der Waals surface area contributed by atoms with Gasteiger partial charge in [-0.2, -0.15) is 0 Å². The average molecular weight is 246 g/mol. The molecule has 3 rings (SSSR count). The first kappa shape index (κ1) is 13.6. The third kappa shape index (κ3) is 2.76. The first-order valence-electron chi connectivity index (χ1n) is 7.32. The standard InChI is InChI=1S/C13H18N2.C3H8/c1-2-4-12-11(3-1)9-15-10-13(12)5-7-14-8-6-13;1-3-2/h1-4,14-15H,5-10H2;3H2,1-2H3. The van der Waals surface area contributed by atoms with Crippen LogP contribution < -0.4 is 10.6 Å². The third-order valence-corrected chi connectivity index (χ3v) is 3.93. The number of piperidine rings is 1. The summed E-state index contributed by atoms with van der Waals surface area (Å²) in [5.41, 5.74) is 3.52. The molecule has 0 radical (unpaired) electrons. The van der Waals surface area contributed by atoms with Gasteiger partial charge in [0.2, 0.25) is 0 Å². The zero-order valence-electron chi connectivity index (χ0n) is 11.8. The minimum Gasteiger partial charge on any atom is -0.317 e. The maximum atomic E-state index is 3.57. The molecule has 0 atom stereocenters. The SMILES string of the molecule is CCC.c1ccc2c(c1)CNCC21CCNCC1. The maximum Gasteiger partial charge on any atom is 0.0208 e. The van der Waals surface area contributed by atoms with Crippen molar-refractivity contribution in [3.8, 4) is 0 Å².